The first-order valence-electron chi connectivity index (χ1n) is 29.3. The highest BCUT2D eigenvalue weighted by molar-refractivity contribution is 6.62. The van der Waals surface area contributed by atoms with Crippen molar-refractivity contribution in [2.45, 2.75) is 141 Å². The van der Waals surface area contributed by atoms with E-state index < -0.39 is 0 Å². The highest BCUT2D eigenvalue weighted by atomic mass is 35.5. The second kappa shape index (κ2) is 25.3. The Balaban J connectivity index is -0.0000000385. The van der Waals surface area contributed by atoms with Gasteiger partial charge in [-0.3, -0.25) is 19.5 Å². The smallest absolute Gasteiger partial charge is 0.245 e. The lowest BCUT2D eigenvalue weighted by atomic mass is 10.2. The summed E-state index contributed by atoms with van der Waals surface area (Å²) in [6.45, 7) is 25.2. The third-order valence-electron chi connectivity index (χ3n) is 7.27. The number of hydrogen-bond donors (Lipinski definition) is 4. The molecule has 0 unspecified atom stereocenters. The van der Waals surface area contributed by atoms with Crippen molar-refractivity contribution in [2.75, 3.05) is 35.6 Å². The van der Waals surface area contributed by atoms with Gasteiger partial charge in [-0.1, -0.05) is 41.5 Å². The standard InChI is InChI=1S/2C10H15N3O.C8H13N3.C2H3ClO.3C2H6.15H2/c1-3-11-10-8-5-4-6-9(8)13(12-10)7(2)14;1-3-11-10-8-5-4-6-9(8)12-13(10)7(2)14;1-2-9-8-6-4-3-5-7(6)10-11-8;1-2(3)4;3*1-2;;;;;;;;;;;;;;;/h3-6H2,1-2H3,(H,11,12);11H,3-6H2,1-2H3;2-5H2,1H3,(H2,9,10,11);1H3;3*1-2H3;15*1H/i;;;;;;;11*1+2T;1+2;;;. The molecule has 0 aliphatic heterocycles. The lowest BCUT2D eigenvalue weighted by Crippen LogP contribution is -2.14. The van der Waals surface area contributed by atoms with Crippen LogP contribution in [-0.2, 0) is 43.3 Å². The minimum Gasteiger partial charge on any atom is -0.370 e. The number of anilines is 3. The van der Waals surface area contributed by atoms with Crippen molar-refractivity contribution in [2.24, 2.45) is 0 Å². The maximum atomic E-state index is 11.3. The summed E-state index contributed by atoms with van der Waals surface area (Å²) in [5, 5.41) is 25.1. The Bertz CT molecular complexity index is 1470. The maximum Gasteiger partial charge on any atom is 0.245 e. The molecule has 12 nitrogen and oxygen atoms in total. The first-order chi connectivity index (χ1) is 34.6. The van der Waals surface area contributed by atoms with E-state index in [1.807, 2.05) is 55.4 Å². The summed E-state index contributed by atoms with van der Waals surface area (Å²) in [5.74, 6) is 2.87. The lowest BCUT2D eigenvalue weighted by Gasteiger charge is -2.06. The molecule has 308 valence electrons. The minimum atomic E-state index is -0.361. The van der Waals surface area contributed by atoms with Crippen molar-refractivity contribution in [3.63, 3.8) is 0 Å². The molecule has 4 N–H and O–H groups in total. The summed E-state index contributed by atoms with van der Waals surface area (Å²) < 4.78 is 113. The molecule has 0 spiro atoms. The Hall–Kier alpha value is -3.67. The van der Waals surface area contributed by atoms with Crippen molar-refractivity contribution in [3.05, 3.63) is 33.8 Å². The van der Waals surface area contributed by atoms with E-state index in [9.17, 15) is 14.4 Å². The summed E-state index contributed by atoms with van der Waals surface area (Å²) in [7, 11) is 0. The zero-order chi connectivity index (χ0) is 59.5. The third kappa shape index (κ3) is 13.6. The normalized spacial score (nSPS) is 14.1. The summed E-state index contributed by atoms with van der Waals surface area (Å²) >= 11 is 4.64. The summed E-state index contributed by atoms with van der Waals surface area (Å²) in [6, 6.07) is 0. The number of aromatic nitrogens is 6. The van der Waals surface area contributed by atoms with E-state index in [0.717, 1.165) is 87.0 Å². The van der Waals surface area contributed by atoms with E-state index in [4.69, 9.17) is 32.7 Å². The number of aromatic amines is 1. The Morgan fingerprint density at radius 2 is 1.20 bits per heavy atom. The zero-order valence-corrected chi connectivity index (χ0v) is 33.1. The fourth-order valence-electron chi connectivity index (χ4n) is 5.61. The van der Waals surface area contributed by atoms with Crippen LogP contribution in [0.15, 0.2) is 0 Å². The minimum absolute atomic E-state index is 0. The van der Waals surface area contributed by atoms with E-state index in [1.165, 1.54) is 53.3 Å². The average molecular weight is 783 g/mol. The molecule has 0 saturated carbocycles. The predicted octanol–water partition coefficient (Wildman–Crippen LogP) is 11.8. The number of hydrogen-bond acceptors (Lipinski definition) is 9. The van der Waals surface area contributed by atoms with E-state index in [0.29, 0.717) is 0 Å². The van der Waals surface area contributed by atoms with Crippen molar-refractivity contribution in [1.82, 2.24) is 29.8 Å². The molecule has 0 saturated heterocycles. The van der Waals surface area contributed by atoms with E-state index in [2.05, 4.69) is 54.9 Å². The number of H-pyrrole nitrogens is 1. The fourth-order valence-corrected chi connectivity index (χ4v) is 5.61. The molecule has 3 aromatic heterocycles. The third-order valence-corrected chi connectivity index (χ3v) is 7.27. The van der Waals surface area contributed by atoms with Crippen LogP contribution < -0.4 is 16.0 Å². The first-order valence-corrected chi connectivity index (χ1v) is 18.7. The van der Waals surface area contributed by atoms with Gasteiger partial charge in [0.05, 0.1) is 11.4 Å². The number of halogens is 1. The SMILES string of the molecule is CC.CC.CC.CC(=O)Cl.CCNc1c2c(nn1C(C)=O)CCC2.CCNc1n[nH]c2c1CCC2.CCNc1nn(C(C)=O)c2c1CCC2.[3HH].[3H][3H].[3H][3H].[3H][3H].[3H][3H].[3H][3H].[3H][3H].[3H][3H].[3H][3H].[3H][3H].[3H][3H].[3H][3H].[HH].[HH].[HH]. The average Bonchev–Trinajstić information content (AvgIpc) is 4.34. The van der Waals surface area contributed by atoms with Gasteiger partial charge in [-0.05, 0) is 90.2 Å². The van der Waals surface area contributed by atoms with E-state index in [1.54, 1.807) is 18.5 Å². The van der Waals surface area contributed by atoms with Gasteiger partial charge in [0.25, 0.3) is 0 Å². The topological polar surface area (TPSA) is 152 Å². The van der Waals surface area contributed by atoms with Gasteiger partial charge in [-0.15, -0.1) is 5.10 Å². The predicted molar refractivity (Wildman–Crippen MR) is 236 cm³/mol. The van der Waals surface area contributed by atoms with Gasteiger partial charge in [0.2, 0.25) is 17.1 Å². The number of carbonyl (C=O) groups excluding carboxylic acids is 3. The second-order valence-corrected chi connectivity index (χ2v) is 11.1. The fraction of sp³-hybridized carbons (Fsp3) is 0.667. The van der Waals surface area contributed by atoms with Crippen LogP contribution >= 0.6 is 11.6 Å². The van der Waals surface area contributed by atoms with Gasteiger partial charge in [-0.2, -0.15) is 14.9 Å². The molecule has 0 atom stereocenters. The molecule has 3 heterocycles. The largest absolute Gasteiger partial charge is 0.370 e. The molecule has 0 aromatic carbocycles. The van der Waals surface area contributed by atoms with Gasteiger partial charge in [0, 0.05) is 101 Å². The van der Waals surface area contributed by atoms with Crippen LogP contribution in [0.4, 0.5) is 17.5 Å². The molecule has 3 aliphatic rings. The number of nitrogens with one attached hydrogen (secondary N) is 4. The highest BCUT2D eigenvalue weighted by Gasteiger charge is 2.24. The van der Waals surface area contributed by atoms with E-state index >= 15 is 0 Å². The number of aryl methyl sites for hydroxylation is 2. The molecule has 0 bridgehead atoms. The zero-order valence-electron chi connectivity index (χ0n) is 54.3. The Labute approximate surface area is 339 Å². The van der Waals surface area contributed by atoms with Crippen LogP contribution in [0, 0.1) is 0 Å². The van der Waals surface area contributed by atoms with E-state index in [-0.39, 0.29) is 22.8 Å². The maximum absolute atomic E-state index is 11.3. The summed E-state index contributed by atoms with van der Waals surface area (Å²) in [5.41, 5.74) is 7.42. The highest BCUT2D eigenvalue weighted by Crippen LogP contribution is 2.29. The molecule has 13 heteroatoms. The monoisotopic (exact) mass is 782 g/mol. The number of nitrogens with zero attached hydrogens (tertiary/aromatic N) is 5. The summed E-state index contributed by atoms with van der Waals surface area (Å²) in [4.78, 5) is 31.8. The van der Waals surface area contributed by atoms with Crippen molar-refractivity contribution >= 4 is 46.1 Å². The van der Waals surface area contributed by atoms with Gasteiger partial charge in [-0.25, -0.2) is 4.68 Å². The molecule has 0 amide bonds. The van der Waals surface area contributed by atoms with Crippen molar-refractivity contribution < 1.29 is 52.8 Å². The number of fused-ring (bicyclic) bond motifs is 3. The van der Waals surface area contributed by atoms with Gasteiger partial charge < -0.3 is 16.0 Å². The molecule has 3 aromatic rings. The van der Waals surface area contributed by atoms with Crippen LogP contribution in [0.25, 0.3) is 0 Å². The summed E-state index contributed by atoms with van der Waals surface area (Å²) in [6.07, 6.45) is 10.0. The first kappa shape index (κ1) is 29.1. The second-order valence-electron chi connectivity index (χ2n) is 10.6. The van der Waals surface area contributed by atoms with Crippen LogP contribution in [0.2, 0.25) is 0 Å². The van der Waals surface area contributed by atoms with Crippen LogP contribution in [0.1, 0.15) is 184 Å². The van der Waals surface area contributed by atoms with Gasteiger partial charge in [0.1, 0.15) is 5.82 Å². The van der Waals surface area contributed by atoms with Gasteiger partial charge >= 0.3 is 0 Å². The van der Waals surface area contributed by atoms with Crippen molar-refractivity contribution in [1.29, 1.82) is 0 Å². The van der Waals surface area contributed by atoms with Crippen LogP contribution in [0.5, 0.6) is 0 Å². The Morgan fingerprint density at radius 1 is 0.714 bits per heavy atom. The number of carbonyl (C=O) groups is 3. The Morgan fingerprint density at radius 3 is 1.76 bits per heavy atom. The molecule has 0 radical (unpaired) electrons. The molecule has 49 heavy (non-hydrogen) atoms. The Kier molecular flexibility index (Phi) is 15.0. The molecule has 0 fully saturated rings. The van der Waals surface area contributed by atoms with Crippen molar-refractivity contribution in [3.8, 4) is 0 Å². The quantitative estimate of drug-likeness (QED) is 0.179. The molecule has 3 aliphatic carbocycles. The molecular formula is C36H94ClN9O3. The van der Waals surface area contributed by atoms with Crippen LogP contribution in [0.3, 0.4) is 0 Å². The molecule has 6 rings (SSSR count). The van der Waals surface area contributed by atoms with Crippen LogP contribution in [-0.4, -0.2) is 66.4 Å². The molecular weight excluding hydrogens is 642 g/mol. The lowest BCUT2D eigenvalue weighted by molar-refractivity contribution is -0.109. The number of rotatable bonds is 6. The van der Waals surface area contributed by atoms with Gasteiger partial charge in [0.15, 0.2) is 11.6 Å².